The summed E-state index contributed by atoms with van der Waals surface area (Å²) in [6.45, 7) is 1.84. The van der Waals surface area contributed by atoms with Crippen LogP contribution < -0.4 is 0 Å². The molecule has 1 aromatic heterocycles. The monoisotopic (exact) mass is 296 g/mol. The van der Waals surface area contributed by atoms with Crippen LogP contribution in [0.5, 0.6) is 0 Å². The van der Waals surface area contributed by atoms with Crippen molar-refractivity contribution in [2.75, 3.05) is 7.05 Å². The molecule has 2 aromatic rings. The number of nitrogens with zero attached hydrogens (tertiary/aromatic N) is 2. The fraction of sp³-hybridized carbons (Fsp3) is 0.250. The predicted octanol–water partition coefficient (Wildman–Crippen LogP) is 3.54. The van der Waals surface area contributed by atoms with Crippen molar-refractivity contribution < 1.29 is 0 Å². The van der Waals surface area contributed by atoms with Crippen LogP contribution in [0.2, 0.25) is 0 Å². The minimum absolute atomic E-state index is 0.899. The lowest BCUT2D eigenvalue weighted by Crippen LogP contribution is -2.17. The third-order valence-electron chi connectivity index (χ3n) is 2.26. The number of hydrogen-bond donors (Lipinski definition) is 0. The number of thiazole rings is 1. The number of benzene rings is 1. The Morgan fingerprint density at radius 2 is 2.25 bits per heavy atom. The van der Waals surface area contributed by atoms with Gasteiger partial charge in [0, 0.05) is 22.9 Å². The number of aromatic nitrogens is 1. The Morgan fingerprint density at radius 1 is 1.38 bits per heavy atom. The van der Waals surface area contributed by atoms with Crippen molar-refractivity contribution in [1.82, 2.24) is 9.88 Å². The molecule has 2 nitrogen and oxygen atoms in total. The van der Waals surface area contributed by atoms with E-state index >= 15 is 0 Å². The van der Waals surface area contributed by atoms with Crippen LogP contribution in [-0.4, -0.2) is 16.9 Å². The molecule has 2 rings (SSSR count). The summed E-state index contributed by atoms with van der Waals surface area (Å²) in [7, 11) is 2.11. The lowest BCUT2D eigenvalue weighted by molar-refractivity contribution is 0.316. The Labute approximate surface area is 108 Å². The van der Waals surface area contributed by atoms with Gasteiger partial charge in [-0.05, 0) is 24.7 Å². The van der Waals surface area contributed by atoms with Crippen molar-refractivity contribution in [3.8, 4) is 0 Å². The van der Waals surface area contributed by atoms with Gasteiger partial charge in [-0.1, -0.05) is 28.1 Å². The van der Waals surface area contributed by atoms with Crippen LogP contribution in [0.15, 0.2) is 39.6 Å². The van der Waals surface area contributed by atoms with Crippen molar-refractivity contribution >= 4 is 27.3 Å². The standard InChI is InChI=1S/C12H13BrN2S/c1-15(7-12-8-16-9-14-12)6-10-3-2-4-11(13)5-10/h2-5,8-9H,6-7H2,1H3. The average molecular weight is 297 g/mol. The Hall–Kier alpha value is -0.710. The van der Waals surface area contributed by atoms with Gasteiger partial charge in [0.1, 0.15) is 0 Å². The summed E-state index contributed by atoms with van der Waals surface area (Å²) >= 11 is 5.13. The van der Waals surface area contributed by atoms with Gasteiger partial charge < -0.3 is 0 Å². The van der Waals surface area contributed by atoms with E-state index in [1.807, 2.05) is 11.6 Å². The fourth-order valence-electron chi connectivity index (χ4n) is 1.60. The van der Waals surface area contributed by atoms with Crippen LogP contribution >= 0.6 is 27.3 Å². The van der Waals surface area contributed by atoms with Crippen LogP contribution in [0.25, 0.3) is 0 Å². The lowest BCUT2D eigenvalue weighted by atomic mass is 10.2. The first-order valence-electron chi connectivity index (χ1n) is 5.04. The summed E-state index contributed by atoms with van der Waals surface area (Å²) in [4.78, 5) is 6.54. The van der Waals surface area contributed by atoms with Gasteiger partial charge in [0.15, 0.2) is 0 Å². The Bertz CT molecular complexity index is 442. The molecule has 0 amide bonds. The number of halogens is 1. The van der Waals surface area contributed by atoms with Crippen LogP contribution in [0, 0.1) is 0 Å². The summed E-state index contributed by atoms with van der Waals surface area (Å²) in [5.74, 6) is 0. The Morgan fingerprint density at radius 3 is 2.94 bits per heavy atom. The molecule has 1 heterocycles. The second-order valence-corrected chi connectivity index (χ2v) is 5.42. The van der Waals surface area contributed by atoms with Crippen molar-refractivity contribution in [3.63, 3.8) is 0 Å². The van der Waals surface area contributed by atoms with Crippen LogP contribution in [0.3, 0.4) is 0 Å². The quantitative estimate of drug-likeness (QED) is 0.858. The lowest BCUT2D eigenvalue weighted by Gasteiger charge is -2.15. The molecule has 0 aliphatic carbocycles. The van der Waals surface area contributed by atoms with E-state index in [2.05, 4.69) is 56.4 Å². The molecule has 0 atom stereocenters. The molecule has 1 aromatic carbocycles. The van der Waals surface area contributed by atoms with Gasteiger partial charge in [-0.25, -0.2) is 4.98 Å². The smallest absolute Gasteiger partial charge is 0.0795 e. The maximum atomic E-state index is 4.28. The summed E-state index contributed by atoms with van der Waals surface area (Å²) in [6, 6.07) is 8.40. The first-order chi connectivity index (χ1) is 7.74. The molecule has 0 fully saturated rings. The zero-order chi connectivity index (χ0) is 11.4. The van der Waals surface area contributed by atoms with E-state index in [0.29, 0.717) is 0 Å². The zero-order valence-corrected chi connectivity index (χ0v) is 11.5. The summed E-state index contributed by atoms with van der Waals surface area (Å²) in [6.07, 6.45) is 0. The first-order valence-corrected chi connectivity index (χ1v) is 6.77. The zero-order valence-electron chi connectivity index (χ0n) is 9.06. The Kier molecular flexibility index (Phi) is 4.09. The molecule has 0 saturated carbocycles. The summed E-state index contributed by atoms with van der Waals surface area (Å²) < 4.78 is 1.13. The Balaban J connectivity index is 1.94. The largest absolute Gasteiger partial charge is 0.296 e. The summed E-state index contributed by atoms with van der Waals surface area (Å²) in [5.41, 5.74) is 4.33. The number of hydrogen-bond acceptors (Lipinski definition) is 3. The molecule has 16 heavy (non-hydrogen) atoms. The van der Waals surface area contributed by atoms with E-state index < -0.39 is 0 Å². The highest BCUT2D eigenvalue weighted by Gasteiger charge is 2.03. The molecule has 0 radical (unpaired) electrons. The fourth-order valence-corrected chi connectivity index (χ4v) is 2.59. The van der Waals surface area contributed by atoms with Gasteiger partial charge in [-0.15, -0.1) is 11.3 Å². The van der Waals surface area contributed by atoms with Gasteiger partial charge in [0.05, 0.1) is 11.2 Å². The summed E-state index contributed by atoms with van der Waals surface area (Å²) in [5, 5.41) is 2.09. The van der Waals surface area contributed by atoms with E-state index in [1.165, 1.54) is 5.56 Å². The molecule has 0 aliphatic rings. The van der Waals surface area contributed by atoms with Crippen LogP contribution in [0.1, 0.15) is 11.3 Å². The van der Waals surface area contributed by atoms with Crippen LogP contribution in [-0.2, 0) is 13.1 Å². The highest BCUT2D eigenvalue weighted by molar-refractivity contribution is 9.10. The molecule has 0 bridgehead atoms. The van der Waals surface area contributed by atoms with E-state index in [0.717, 1.165) is 23.3 Å². The maximum absolute atomic E-state index is 4.28. The van der Waals surface area contributed by atoms with Gasteiger partial charge in [-0.2, -0.15) is 0 Å². The van der Waals surface area contributed by atoms with Crippen molar-refractivity contribution in [1.29, 1.82) is 0 Å². The van der Waals surface area contributed by atoms with E-state index in [4.69, 9.17) is 0 Å². The minimum atomic E-state index is 0.899. The molecule has 84 valence electrons. The van der Waals surface area contributed by atoms with Gasteiger partial charge in [0.25, 0.3) is 0 Å². The van der Waals surface area contributed by atoms with E-state index in [1.54, 1.807) is 11.3 Å². The van der Waals surface area contributed by atoms with E-state index in [-0.39, 0.29) is 0 Å². The molecule has 4 heteroatoms. The topological polar surface area (TPSA) is 16.1 Å². The van der Waals surface area contributed by atoms with Gasteiger partial charge in [0.2, 0.25) is 0 Å². The van der Waals surface area contributed by atoms with Crippen molar-refractivity contribution in [2.45, 2.75) is 13.1 Å². The number of rotatable bonds is 4. The highest BCUT2D eigenvalue weighted by Crippen LogP contribution is 2.14. The third-order valence-corrected chi connectivity index (χ3v) is 3.39. The average Bonchev–Trinajstić information content (AvgIpc) is 2.70. The minimum Gasteiger partial charge on any atom is -0.296 e. The molecule has 0 unspecified atom stereocenters. The predicted molar refractivity (Wildman–Crippen MR) is 71.4 cm³/mol. The van der Waals surface area contributed by atoms with Crippen molar-refractivity contribution in [2.24, 2.45) is 0 Å². The SMILES string of the molecule is CN(Cc1cccc(Br)c1)Cc1cscn1. The third kappa shape index (κ3) is 3.40. The second-order valence-electron chi connectivity index (χ2n) is 3.78. The van der Waals surface area contributed by atoms with Gasteiger partial charge in [-0.3, -0.25) is 4.90 Å². The van der Waals surface area contributed by atoms with Crippen molar-refractivity contribution in [3.05, 3.63) is 50.9 Å². The molecule has 0 aliphatic heterocycles. The second kappa shape index (κ2) is 5.57. The highest BCUT2D eigenvalue weighted by atomic mass is 79.9. The molecular weight excluding hydrogens is 284 g/mol. The first kappa shape index (κ1) is 11.8. The molecule has 0 spiro atoms. The van der Waals surface area contributed by atoms with Crippen LogP contribution in [0.4, 0.5) is 0 Å². The van der Waals surface area contributed by atoms with E-state index in [9.17, 15) is 0 Å². The maximum Gasteiger partial charge on any atom is 0.0795 e. The molecule has 0 saturated heterocycles. The molecular formula is C12H13BrN2S. The normalized spacial score (nSPS) is 10.9. The molecule has 0 N–H and O–H groups in total. The van der Waals surface area contributed by atoms with Gasteiger partial charge >= 0.3 is 0 Å².